The molecule has 20 heavy (non-hydrogen) atoms. The lowest BCUT2D eigenvalue weighted by Crippen LogP contribution is -2.38. The van der Waals surface area contributed by atoms with Crippen LogP contribution in [-0.4, -0.2) is 25.2 Å². The monoisotopic (exact) mass is 277 g/mol. The van der Waals surface area contributed by atoms with Crippen molar-refractivity contribution in [1.82, 2.24) is 5.32 Å². The van der Waals surface area contributed by atoms with Crippen LogP contribution in [0.15, 0.2) is 29.8 Å². The van der Waals surface area contributed by atoms with E-state index in [-0.39, 0.29) is 17.8 Å². The van der Waals surface area contributed by atoms with Gasteiger partial charge < -0.3 is 10.1 Å². The topological polar surface area (TPSA) is 38.3 Å². The second-order valence-corrected chi connectivity index (χ2v) is 5.26. The quantitative estimate of drug-likeness (QED) is 0.859. The Hall–Kier alpha value is -1.68. The van der Waals surface area contributed by atoms with Crippen molar-refractivity contribution in [2.45, 2.75) is 26.3 Å². The van der Waals surface area contributed by atoms with Crippen LogP contribution in [-0.2, 0) is 9.53 Å². The van der Waals surface area contributed by atoms with Gasteiger partial charge >= 0.3 is 0 Å². The molecule has 1 aliphatic rings. The molecule has 108 valence electrons. The molecule has 0 unspecified atom stereocenters. The molecule has 2 rings (SSSR count). The zero-order valence-corrected chi connectivity index (χ0v) is 11.9. The van der Waals surface area contributed by atoms with E-state index in [4.69, 9.17) is 4.74 Å². The van der Waals surface area contributed by atoms with E-state index >= 15 is 0 Å². The predicted octanol–water partition coefficient (Wildman–Crippen LogP) is 2.77. The minimum absolute atomic E-state index is 0.0891. The van der Waals surface area contributed by atoms with E-state index in [1.807, 2.05) is 6.92 Å². The summed E-state index contributed by atoms with van der Waals surface area (Å²) in [6.07, 6.45) is 2.74. The Bertz CT molecular complexity index is 490. The zero-order chi connectivity index (χ0) is 14.5. The molecule has 4 heteroatoms. The van der Waals surface area contributed by atoms with Crippen molar-refractivity contribution in [3.63, 3.8) is 0 Å². The molecule has 1 aromatic rings. The molecule has 0 spiro atoms. The highest BCUT2D eigenvalue weighted by Gasteiger charge is 2.23. The second-order valence-electron chi connectivity index (χ2n) is 5.26. The summed E-state index contributed by atoms with van der Waals surface area (Å²) in [6.45, 7) is 5.25. The van der Waals surface area contributed by atoms with Crippen LogP contribution in [0.3, 0.4) is 0 Å². The standard InChI is InChI=1S/C16H20FNO2/c1-11(9-13-3-5-15(17)6-4-13)16(19)18-12(2)14-7-8-20-10-14/h3-6,9,12,14H,7-8,10H2,1-2H3,(H,18,19)/b11-9-/t12-,14-/m1/s1. The third-order valence-electron chi connectivity index (χ3n) is 3.64. The van der Waals surface area contributed by atoms with Gasteiger partial charge in [0.05, 0.1) is 6.61 Å². The smallest absolute Gasteiger partial charge is 0.247 e. The molecule has 1 heterocycles. The summed E-state index contributed by atoms with van der Waals surface area (Å²) in [5.41, 5.74) is 1.43. The van der Waals surface area contributed by atoms with E-state index in [2.05, 4.69) is 5.32 Å². The van der Waals surface area contributed by atoms with Crippen molar-refractivity contribution in [3.05, 3.63) is 41.2 Å². The van der Waals surface area contributed by atoms with Gasteiger partial charge in [-0.05, 0) is 44.0 Å². The second kappa shape index (κ2) is 6.66. The predicted molar refractivity (Wildman–Crippen MR) is 76.6 cm³/mol. The van der Waals surface area contributed by atoms with Gasteiger partial charge in [-0.25, -0.2) is 4.39 Å². The van der Waals surface area contributed by atoms with Crippen LogP contribution in [0.1, 0.15) is 25.8 Å². The van der Waals surface area contributed by atoms with Gasteiger partial charge in [-0.2, -0.15) is 0 Å². The van der Waals surface area contributed by atoms with Crippen molar-refractivity contribution in [3.8, 4) is 0 Å². The van der Waals surface area contributed by atoms with Crippen molar-refractivity contribution in [1.29, 1.82) is 0 Å². The SMILES string of the molecule is C/C(=C/c1ccc(F)cc1)C(=O)N[C@H](C)[C@@H]1CCOC1. The first kappa shape index (κ1) is 14.7. The lowest BCUT2D eigenvalue weighted by molar-refractivity contribution is -0.118. The van der Waals surface area contributed by atoms with Crippen LogP contribution < -0.4 is 5.32 Å². The molecule has 0 aromatic heterocycles. The maximum atomic E-state index is 12.8. The molecule has 0 saturated carbocycles. The van der Waals surface area contributed by atoms with Crippen molar-refractivity contribution < 1.29 is 13.9 Å². The molecule has 1 amide bonds. The molecule has 0 radical (unpaired) electrons. The van der Waals surface area contributed by atoms with Crippen molar-refractivity contribution >= 4 is 12.0 Å². The van der Waals surface area contributed by atoms with Gasteiger partial charge in [-0.3, -0.25) is 4.79 Å². The summed E-state index contributed by atoms with van der Waals surface area (Å²) in [5.74, 6) is 0.0189. The van der Waals surface area contributed by atoms with Gasteiger partial charge in [0, 0.05) is 24.1 Å². The summed E-state index contributed by atoms with van der Waals surface area (Å²) in [6, 6.07) is 6.17. The largest absolute Gasteiger partial charge is 0.381 e. The minimum Gasteiger partial charge on any atom is -0.381 e. The number of halogens is 1. The fraction of sp³-hybridized carbons (Fsp3) is 0.438. The van der Waals surface area contributed by atoms with Crippen LogP contribution in [0.4, 0.5) is 4.39 Å². The Morgan fingerprint density at radius 3 is 2.75 bits per heavy atom. The van der Waals surface area contributed by atoms with Crippen LogP contribution >= 0.6 is 0 Å². The Morgan fingerprint density at radius 1 is 1.45 bits per heavy atom. The van der Waals surface area contributed by atoms with Crippen molar-refractivity contribution in [2.75, 3.05) is 13.2 Å². The van der Waals surface area contributed by atoms with Crippen LogP contribution in [0.2, 0.25) is 0 Å². The average Bonchev–Trinajstić information content (AvgIpc) is 2.95. The number of carbonyl (C=O) groups is 1. The fourth-order valence-corrected chi connectivity index (χ4v) is 2.26. The highest BCUT2D eigenvalue weighted by atomic mass is 19.1. The average molecular weight is 277 g/mol. The fourth-order valence-electron chi connectivity index (χ4n) is 2.26. The number of nitrogens with one attached hydrogen (secondary N) is 1. The Labute approximate surface area is 118 Å². The number of amides is 1. The van der Waals surface area contributed by atoms with Crippen LogP contribution in [0.25, 0.3) is 6.08 Å². The summed E-state index contributed by atoms with van der Waals surface area (Å²) in [7, 11) is 0. The third kappa shape index (κ3) is 3.90. The Morgan fingerprint density at radius 2 is 2.15 bits per heavy atom. The van der Waals surface area contributed by atoms with Gasteiger partial charge in [0.2, 0.25) is 5.91 Å². The number of benzene rings is 1. The summed E-state index contributed by atoms with van der Waals surface area (Å²) < 4.78 is 18.1. The number of hydrogen-bond acceptors (Lipinski definition) is 2. The molecule has 0 aliphatic carbocycles. The van der Waals surface area contributed by atoms with Crippen molar-refractivity contribution in [2.24, 2.45) is 5.92 Å². The molecule has 0 bridgehead atoms. The van der Waals surface area contributed by atoms with Gasteiger partial charge in [0.1, 0.15) is 5.82 Å². The molecule has 1 saturated heterocycles. The van der Waals surface area contributed by atoms with E-state index < -0.39 is 0 Å². The molecular weight excluding hydrogens is 257 g/mol. The van der Waals surface area contributed by atoms with Gasteiger partial charge in [0.15, 0.2) is 0 Å². The third-order valence-corrected chi connectivity index (χ3v) is 3.64. The first-order valence-corrected chi connectivity index (χ1v) is 6.89. The minimum atomic E-state index is -0.279. The first-order chi connectivity index (χ1) is 9.56. The van der Waals surface area contributed by atoms with E-state index in [1.165, 1.54) is 12.1 Å². The van der Waals surface area contributed by atoms with Crippen LogP contribution in [0, 0.1) is 11.7 Å². The highest BCUT2D eigenvalue weighted by molar-refractivity contribution is 5.97. The summed E-state index contributed by atoms with van der Waals surface area (Å²) >= 11 is 0. The van der Waals surface area contributed by atoms with Gasteiger partial charge in [-0.1, -0.05) is 12.1 Å². The Balaban J connectivity index is 1.95. The zero-order valence-electron chi connectivity index (χ0n) is 11.9. The molecule has 1 aromatic carbocycles. The van der Waals surface area contributed by atoms with Crippen LogP contribution in [0.5, 0.6) is 0 Å². The highest BCUT2D eigenvalue weighted by Crippen LogP contribution is 2.17. The van der Waals surface area contributed by atoms with E-state index in [9.17, 15) is 9.18 Å². The molecule has 1 fully saturated rings. The summed E-state index contributed by atoms with van der Waals surface area (Å²) in [4.78, 5) is 12.1. The summed E-state index contributed by atoms with van der Waals surface area (Å²) in [5, 5.41) is 2.99. The molecule has 1 aliphatic heterocycles. The Kier molecular flexibility index (Phi) is 4.90. The number of rotatable bonds is 4. The van der Waals surface area contributed by atoms with E-state index in [0.717, 1.165) is 18.6 Å². The lowest BCUT2D eigenvalue weighted by Gasteiger charge is -2.19. The number of carbonyl (C=O) groups excluding carboxylic acids is 1. The normalized spacial score (nSPS) is 20.8. The van der Waals surface area contributed by atoms with E-state index in [0.29, 0.717) is 18.1 Å². The first-order valence-electron chi connectivity index (χ1n) is 6.89. The molecular formula is C16H20FNO2. The lowest BCUT2D eigenvalue weighted by atomic mass is 10.0. The van der Waals surface area contributed by atoms with E-state index in [1.54, 1.807) is 25.1 Å². The number of hydrogen-bond donors (Lipinski definition) is 1. The van der Waals surface area contributed by atoms with Gasteiger partial charge in [0.25, 0.3) is 0 Å². The molecule has 2 atom stereocenters. The van der Waals surface area contributed by atoms with Gasteiger partial charge in [-0.15, -0.1) is 0 Å². The number of ether oxygens (including phenoxy) is 1. The maximum absolute atomic E-state index is 12.8. The molecule has 3 nitrogen and oxygen atoms in total. The molecule has 1 N–H and O–H groups in total. The maximum Gasteiger partial charge on any atom is 0.247 e.